The van der Waals surface area contributed by atoms with E-state index in [0.717, 1.165) is 51.8 Å². The lowest BCUT2D eigenvalue weighted by atomic mass is 9.83. The molecule has 13 aromatic rings. The van der Waals surface area contributed by atoms with Crippen LogP contribution in [0.4, 0.5) is 0 Å². The van der Waals surface area contributed by atoms with Crippen LogP contribution in [0, 0.1) is 22.7 Å². The molecule has 4 heterocycles. The van der Waals surface area contributed by atoms with Gasteiger partial charge in [-0.05, 0) is 95.8 Å². The molecule has 0 fully saturated rings. The van der Waals surface area contributed by atoms with Crippen LogP contribution in [-0.2, 0) is 12.8 Å². The van der Waals surface area contributed by atoms with E-state index >= 15 is 0 Å². The van der Waals surface area contributed by atoms with Gasteiger partial charge >= 0.3 is 0 Å². The van der Waals surface area contributed by atoms with Crippen LogP contribution in [0.5, 0.6) is 0 Å². The lowest BCUT2D eigenvalue weighted by Crippen LogP contribution is -2.13. The predicted octanol–water partition coefficient (Wildman–Crippen LogP) is 16.8. The number of thiophene rings is 2. The highest BCUT2D eigenvalue weighted by atomic mass is 32.1. The van der Waals surface area contributed by atoms with Crippen molar-refractivity contribution in [3.05, 3.63) is 192 Å². The van der Waals surface area contributed by atoms with E-state index in [1.165, 1.54) is 89.7 Å². The fraction of sp³-hybridized carbons (Fsp3) is 0.0667. The van der Waals surface area contributed by atoms with Crippen LogP contribution in [0.3, 0.4) is 0 Å². The van der Waals surface area contributed by atoms with Gasteiger partial charge in [0.1, 0.15) is 0 Å². The smallest absolute Gasteiger partial charge is 0.0991 e. The Morgan fingerprint density at radius 3 is 1.21 bits per heavy atom. The number of benzene rings is 9. The van der Waals surface area contributed by atoms with Crippen LogP contribution in [0.15, 0.2) is 170 Å². The minimum absolute atomic E-state index is 0.619. The Hall–Kier alpha value is -8.00. The van der Waals surface area contributed by atoms with Gasteiger partial charge in [0, 0.05) is 73.0 Å². The molecule has 0 N–H and O–H groups in total. The summed E-state index contributed by atoms with van der Waals surface area (Å²) in [6, 6.07) is 65.9. The largest absolute Gasteiger partial charge is 0.308 e. The van der Waals surface area contributed by atoms with E-state index in [9.17, 15) is 10.5 Å². The van der Waals surface area contributed by atoms with Gasteiger partial charge in [0.25, 0.3) is 0 Å². The van der Waals surface area contributed by atoms with Crippen LogP contribution in [0.2, 0.25) is 0 Å². The minimum Gasteiger partial charge on any atom is -0.308 e. The van der Waals surface area contributed by atoms with Crippen molar-refractivity contribution in [1.29, 1.82) is 10.5 Å². The average Bonchev–Trinajstić information content (AvgIpc) is 4.13. The van der Waals surface area contributed by atoms with Crippen LogP contribution in [0.25, 0.3) is 118 Å². The lowest BCUT2D eigenvalue weighted by molar-refractivity contribution is 1.00. The van der Waals surface area contributed by atoms with Gasteiger partial charge in [-0.1, -0.05) is 123 Å². The van der Waals surface area contributed by atoms with E-state index < -0.39 is 0 Å². The number of rotatable bonds is 6. The first kappa shape index (κ1) is 38.5. The van der Waals surface area contributed by atoms with Gasteiger partial charge in [-0.3, -0.25) is 0 Å². The summed E-state index contributed by atoms with van der Waals surface area (Å²) < 4.78 is 10.2. The molecule has 0 aliphatic rings. The topological polar surface area (TPSA) is 57.4 Å². The lowest BCUT2D eigenvalue weighted by Gasteiger charge is -2.29. The summed E-state index contributed by atoms with van der Waals surface area (Å²) >= 11 is 3.70. The molecule has 0 saturated heterocycles. The first-order chi connectivity index (χ1) is 32.6. The maximum Gasteiger partial charge on any atom is 0.0991 e. The SMILES string of the molecule is CCc1c(-c2ccc(C#N)cc2)c(-n2c3ccccc3c3ccc4sc5ccccc5c4c32)c(-c2ccc(C#N)cc2)c(CC)c1-n1c2ccccc2c2ccc3sc4ccccc4c3c21. The monoisotopic (exact) mass is 878 g/mol. The summed E-state index contributed by atoms with van der Waals surface area (Å²) in [4.78, 5) is 0. The highest BCUT2D eigenvalue weighted by Gasteiger charge is 2.31. The fourth-order valence-corrected chi connectivity index (χ4v) is 13.3. The molecular formula is C60H38N4S2. The summed E-state index contributed by atoms with van der Waals surface area (Å²) in [5.41, 5.74) is 15.0. The van der Waals surface area contributed by atoms with Gasteiger partial charge in [-0.2, -0.15) is 10.5 Å². The number of nitriles is 2. The molecular weight excluding hydrogens is 841 g/mol. The quantitative estimate of drug-likeness (QED) is 0.167. The number of hydrogen-bond acceptors (Lipinski definition) is 4. The van der Waals surface area contributed by atoms with Crippen molar-refractivity contribution in [1.82, 2.24) is 9.13 Å². The number of fused-ring (bicyclic) bond motifs is 14. The molecule has 0 amide bonds. The van der Waals surface area contributed by atoms with Crippen molar-refractivity contribution >= 4 is 107 Å². The second kappa shape index (κ2) is 14.8. The third-order valence-electron chi connectivity index (χ3n) is 13.8. The molecule has 0 atom stereocenters. The van der Waals surface area contributed by atoms with Crippen molar-refractivity contribution in [2.24, 2.45) is 0 Å². The van der Waals surface area contributed by atoms with E-state index in [1.54, 1.807) is 0 Å². The summed E-state index contributed by atoms with van der Waals surface area (Å²) in [5, 5.41) is 30.1. The van der Waals surface area contributed by atoms with Crippen molar-refractivity contribution in [2.75, 3.05) is 0 Å². The minimum atomic E-state index is 0.619. The normalized spacial score (nSPS) is 11.9. The Balaban J connectivity index is 1.33. The first-order valence-corrected chi connectivity index (χ1v) is 24.1. The maximum atomic E-state index is 10.1. The van der Waals surface area contributed by atoms with Gasteiger partial charge in [0.15, 0.2) is 0 Å². The van der Waals surface area contributed by atoms with Crippen molar-refractivity contribution in [3.8, 4) is 45.8 Å². The Labute approximate surface area is 388 Å². The highest BCUT2D eigenvalue weighted by molar-refractivity contribution is 7.26. The van der Waals surface area contributed by atoms with Gasteiger partial charge in [0.05, 0.1) is 56.7 Å². The molecule has 0 bridgehead atoms. The van der Waals surface area contributed by atoms with E-state index in [1.807, 2.05) is 46.9 Å². The molecule has 0 aliphatic carbocycles. The van der Waals surface area contributed by atoms with Crippen molar-refractivity contribution < 1.29 is 0 Å². The Morgan fingerprint density at radius 2 is 0.788 bits per heavy atom. The van der Waals surface area contributed by atoms with Gasteiger partial charge in [0.2, 0.25) is 0 Å². The molecule has 13 rings (SSSR count). The molecule has 0 unspecified atom stereocenters. The molecule has 4 nitrogen and oxygen atoms in total. The van der Waals surface area contributed by atoms with Gasteiger partial charge < -0.3 is 9.13 Å². The Morgan fingerprint density at radius 1 is 0.394 bits per heavy atom. The molecule has 66 heavy (non-hydrogen) atoms. The zero-order chi connectivity index (χ0) is 44.2. The van der Waals surface area contributed by atoms with Gasteiger partial charge in [-0.15, -0.1) is 22.7 Å². The van der Waals surface area contributed by atoms with E-state index in [-0.39, 0.29) is 0 Å². The molecule has 0 saturated carbocycles. The molecule has 310 valence electrons. The number of nitrogens with zero attached hydrogens (tertiary/aromatic N) is 4. The van der Waals surface area contributed by atoms with Crippen LogP contribution >= 0.6 is 22.7 Å². The van der Waals surface area contributed by atoms with E-state index in [2.05, 4.69) is 181 Å². The van der Waals surface area contributed by atoms with E-state index in [0.29, 0.717) is 11.1 Å². The molecule has 4 aromatic heterocycles. The third kappa shape index (κ3) is 5.35. The average molecular weight is 879 g/mol. The molecule has 0 spiro atoms. The molecule has 6 heteroatoms. The molecule has 0 aliphatic heterocycles. The van der Waals surface area contributed by atoms with Crippen molar-refractivity contribution in [2.45, 2.75) is 26.7 Å². The standard InChI is InChI=1S/C60H38N4S2/c1-3-39-53(37-25-21-35(33-61)22-26-37)60(64-48-18-10-6-14-42(48)44-30-32-52-56(59(44)64)46-16-8-12-20-50(46)66-52)54(38-27-23-36(34-62)24-28-38)40(4-2)57(39)63-47-17-9-5-13-41(47)43-29-31-51-55(58(43)63)45-15-7-11-19-49(45)65-51/h5-32H,3-4H2,1-2H3. The molecule has 9 aromatic carbocycles. The molecule has 0 radical (unpaired) electrons. The predicted molar refractivity (Wildman–Crippen MR) is 280 cm³/mol. The Kier molecular flexibility index (Phi) is 8.61. The number of aromatic nitrogens is 2. The summed E-state index contributed by atoms with van der Waals surface area (Å²) in [7, 11) is 0. The summed E-state index contributed by atoms with van der Waals surface area (Å²) in [6.07, 6.45) is 1.47. The fourth-order valence-electron chi connectivity index (χ4n) is 11.1. The van der Waals surface area contributed by atoms with Crippen molar-refractivity contribution in [3.63, 3.8) is 0 Å². The Bertz CT molecular complexity index is 4170. The zero-order valence-electron chi connectivity index (χ0n) is 36.2. The summed E-state index contributed by atoms with van der Waals surface area (Å²) in [6.45, 7) is 4.60. The van der Waals surface area contributed by atoms with Crippen LogP contribution in [-0.4, -0.2) is 9.13 Å². The first-order valence-electron chi connectivity index (χ1n) is 22.5. The number of hydrogen-bond donors (Lipinski definition) is 0. The second-order valence-electron chi connectivity index (χ2n) is 17.1. The van der Waals surface area contributed by atoms with Crippen LogP contribution < -0.4 is 0 Å². The zero-order valence-corrected chi connectivity index (χ0v) is 37.8. The second-order valence-corrected chi connectivity index (χ2v) is 19.2. The maximum absolute atomic E-state index is 10.1. The van der Waals surface area contributed by atoms with E-state index in [4.69, 9.17) is 0 Å². The van der Waals surface area contributed by atoms with Crippen LogP contribution in [0.1, 0.15) is 36.1 Å². The number of para-hydroxylation sites is 2. The highest BCUT2D eigenvalue weighted by Crippen LogP contribution is 2.52. The summed E-state index contributed by atoms with van der Waals surface area (Å²) in [5.74, 6) is 0. The third-order valence-corrected chi connectivity index (χ3v) is 16.0. The van der Waals surface area contributed by atoms with Gasteiger partial charge in [-0.25, -0.2) is 0 Å².